The van der Waals surface area contributed by atoms with Crippen molar-refractivity contribution in [3.05, 3.63) is 47.5 Å². The molecule has 1 aromatic carbocycles. The summed E-state index contributed by atoms with van der Waals surface area (Å²) in [5, 5.41) is 14.6. The predicted molar refractivity (Wildman–Crippen MR) is 103 cm³/mol. The summed E-state index contributed by atoms with van der Waals surface area (Å²) in [6.07, 6.45) is 9.10. The smallest absolute Gasteiger partial charge is 0.309 e. The Morgan fingerprint density at radius 1 is 1.00 bits per heavy atom. The Kier molecular flexibility index (Phi) is 8.90. The molecule has 1 aromatic rings. The lowest BCUT2D eigenvalue weighted by Gasteiger charge is -2.16. The maximum Gasteiger partial charge on any atom is 0.309 e. The van der Waals surface area contributed by atoms with Gasteiger partial charge in [0.15, 0.2) is 0 Å². The monoisotopic (exact) mass is 358 g/mol. The van der Waals surface area contributed by atoms with E-state index in [-0.39, 0.29) is 12.5 Å². The van der Waals surface area contributed by atoms with Gasteiger partial charge in [-0.25, -0.2) is 0 Å². The Morgan fingerprint density at radius 2 is 1.73 bits per heavy atom. The van der Waals surface area contributed by atoms with Gasteiger partial charge in [-0.3, -0.25) is 9.59 Å². The van der Waals surface area contributed by atoms with Gasteiger partial charge >= 0.3 is 11.8 Å². The molecule has 1 atom stereocenters. The van der Waals surface area contributed by atoms with E-state index in [1.54, 1.807) is 0 Å². The highest BCUT2D eigenvalue weighted by Gasteiger charge is 2.15. The van der Waals surface area contributed by atoms with Crippen molar-refractivity contribution >= 4 is 11.8 Å². The Hall–Kier alpha value is -2.14. The maximum absolute atomic E-state index is 11.9. The highest BCUT2D eigenvalue weighted by atomic mass is 16.3. The van der Waals surface area contributed by atoms with Crippen LogP contribution in [0.3, 0.4) is 0 Å². The molecule has 0 aromatic heterocycles. The topological polar surface area (TPSA) is 78.4 Å². The van der Waals surface area contributed by atoms with Gasteiger partial charge < -0.3 is 15.7 Å². The lowest BCUT2D eigenvalue weighted by molar-refractivity contribution is -0.139. The third-order valence-corrected chi connectivity index (χ3v) is 4.85. The molecule has 0 saturated carbocycles. The number of benzene rings is 1. The van der Waals surface area contributed by atoms with Crippen LogP contribution >= 0.6 is 0 Å². The summed E-state index contributed by atoms with van der Waals surface area (Å²) in [6.45, 7) is 1.02. The molecule has 3 N–H and O–H groups in total. The van der Waals surface area contributed by atoms with Crippen LogP contribution in [0.25, 0.3) is 0 Å². The van der Waals surface area contributed by atoms with Crippen molar-refractivity contribution < 1.29 is 14.7 Å². The highest BCUT2D eigenvalue weighted by molar-refractivity contribution is 6.35. The maximum atomic E-state index is 11.9. The van der Waals surface area contributed by atoms with Crippen molar-refractivity contribution in [1.82, 2.24) is 10.6 Å². The molecule has 0 heterocycles. The van der Waals surface area contributed by atoms with Crippen molar-refractivity contribution in [3.63, 3.8) is 0 Å². The average molecular weight is 358 g/mol. The summed E-state index contributed by atoms with van der Waals surface area (Å²) in [5.41, 5.74) is 2.52. The first kappa shape index (κ1) is 20.2. The first-order valence-electron chi connectivity index (χ1n) is 9.60. The van der Waals surface area contributed by atoms with E-state index in [1.807, 2.05) is 30.3 Å². The van der Waals surface area contributed by atoms with E-state index in [4.69, 9.17) is 0 Å². The molecule has 0 aliphatic heterocycles. The molecule has 1 aliphatic carbocycles. The molecule has 0 bridgehead atoms. The zero-order valence-electron chi connectivity index (χ0n) is 15.4. The molecular formula is C21H30N2O3. The third kappa shape index (κ3) is 7.00. The van der Waals surface area contributed by atoms with Crippen LogP contribution in [0.5, 0.6) is 0 Å². The summed E-state index contributed by atoms with van der Waals surface area (Å²) in [6, 6.07) is 9.93. The summed E-state index contributed by atoms with van der Waals surface area (Å²) in [5.74, 6) is -0.985. The van der Waals surface area contributed by atoms with Gasteiger partial charge in [-0.1, -0.05) is 42.0 Å². The standard InChI is InChI=1S/C21H30N2O3/c24-16-13-19(18-9-5-2-6-10-18)12-15-23-21(26)20(25)22-14-11-17-7-3-1-4-8-17/h2,5-7,9-10,19,24H,1,3-4,8,11-16H2,(H,22,25)(H,23,26)/t19-/m0/s1. The van der Waals surface area contributed by atoms with Crippen LogP contribution in [-0.4, -0.2) is 36.6 Å². The number of aliphatic hydroxyl groups excluding tert-OH is 1. The lowest BCUT2D eigenvalue weighted by atomic mass is 9.93. The van der Waals surface area contributed by atoms with Crippen LogP contribution in [0.2, 0.25) is 0 Å². The SMILES string of the molecule is O=C(NCCC1=CCCCC1)C(=O)NCC[C@@H](CCO)c1ccccc1. The summed E-state index contributed by atoms with van der Waals surface area (Å²) < 4.78 is 0. The second-order valence-electron chi connectivity index (χ2n) is 6.78. The van der Waals surface area contributed by atoms with Crippen molar-refractivity contribution in [2.45, 2.75) is 50.9 Å². The molecule has 26 heavy (non-hydrogen) atoms. The predicted octanol–water partition coefficient (Wildman–Crippen LogP) is 2.67. The fourth-order valence-electron chi connectivity index (χ4n) is 3.35. The van der Waals surface area contributed by atoms with Crippen molar-refractivity contribution in [3.8, 4) is 0 Å². The number of hydrogen-bond donors (Lipinski definition) is 3. The number of hydrogen-bond acceptors (Lipinski definition) is 3. The fourth-order valence-corrected chi connectivity index (χ4v) is 3.35. The Bertz CT molecular complexity index is 599. The van der Waals surface area contributed by atoms with E-state index < -0.39 is 11.8 Å². The molecule has 0 unspecified atom stereocenters. The van der Waals surface area contributed by atoms with Crippen LogP contribution < -0.4 is 10.6 Å². The molecule has 5 nitrogen and oxygen atoms in total. The average Bonchev–Trinajstić information content (AvgIpc) is 2.68. The van der Waals surface area contributed by atoms with Gasteiger partial charge in [-0.05, 0) is 56.4 Å². The minimum Gasteiger partial charge on any atom is -0.396 e. The number of carbonyl (C=O) groups is 2. The fraction of sp³-hybridized carbons (Fsp3) is 0.524. The largest absolute Gasteiger partial charge is 0.396 e. The van der Waals surface area contributed by atoms with Gasteiger partial charge in [0.2, 0.25) is 0 Å². The zero-order valence-corrected chi connectivity index (χ0v) is 15.4. The van der Waals surface area contributed by atoms with E-state index in [9.17, 15) is 14.7 Å². The molecule has 2 amide bonds. The Balaban J connectivity index is 1.67. The third-order valence-electron chi connectivity index (χ3n) is 4.85. The molecule has 2 rings (SSSR count). The second kappa shape index (κ2) is 11.5. The molecule has 1 aliphatic rings. The van der Waals surface area contributed by atoms with E-state index in [2.05, 4.69) is 16.7 Å². The minimum absolute atomic E-state index is 0.101. The van der Waals surface area contributed by atoms with Gasteiger partial charge in [0.05, 0.1) is 0 Å². The van der Waals surface area contributed by atoms with E-state index >= 15 is 0 Å². The minimum atomic E-state index is -0.585. The molecular weight excluding hydrogens is 328 g/mol. The summed E-state index contributed by atoms with van der Waals surface area (Å²) in [4.78, 5) is 23.8. The van der Waals surface area contributed by atoms with Gasteiger partial charge in [-0.15, -0.1) is 0 Å². The second-order valence-corrected chi connectivity index (χ2v) is 6.78. The number of carbonyl (C=O) groups excluding carboxylic acids is 2. The summed E-state index contributed by atoms with van der Waals surface area (Å²) >= 11 is 0. The van der Waals surface area contributed by atoms with Gasteiger partial charge in [0, 0.05) is 19.7 Å². The van der Waals surface area contributed by atoms with Crippen LogP contribution in [0.15, 0.2) is 42.0 Å². The number of rotatable bonds is 9. The van der Waals surface area contributed by atoms with Crippen LogP contribution in [-0.2, 0) is 9.59 Å². The number of amides is 2. The molecule has 5 heteroatoms. The van der Waals surface area contributed by atoms with Crippen molar-refractivity contribution in [2.24, 2.45) is 0 Å². The quantitative estimate of drug-likeness (QED) is 0.469. The van der Waals surface area contributed by atoms with Gasteiger partial charge in [0.1, 0.15) is 0 Å². The number of aliphatic hydroxyl groups is 1. The molecule has 0 saturated heterocycles. The van der Waals surface area contributed by atoms with Crippen LogP contribution in [0.4, 0.5) is 0 Å². The molecule has 0 radical (unpaired) electrons. The number of allylic oxidation sites excluding steroid dienone is 1. The van der Waals surface area contributed by atoms with Crippen molar-refractivity contribution in [2.75, 3.05) is 19.7 Å². The number of nitrogens with one attached hydrogen (secondary N) is 2. The van der Waals surface area contributed by atoms with Gasteiger partial charge in [0.25, 0.3) is 0 Å². The molecule has 0 spiro atoms. The lowest BCUT2D eigenvalue weighted by Crippen LogP contribution is -2.41. The van der Waals surface area contributed by atoms with Crippen LogP contribution in [0.1, 0.15) is 56.4 Å². The van der Waals surface area contributed by atoms with Crippen molar-refractivity contribution in [1.29, 1.82) is 0 Å². The van der Waals surface area contributed by atoms with Crippen LogP contribution in [0, 0.1) is 0 Å². The van der Waals surface area contributed by atoms with Gasteiger partial charge in [-0.2, -0.15) is 0 Å². The first-order valence-corrected chi connectivity index (χ1v) is 9.60. The van der Waals surface area contributed by atoms with E-state index in [0.29, 0.717) is 25.9 Å². The normalized spacial score (nSPS) is 15.0. The highest BCUT2D eigenvalue weighted by Crippen LogP contribution is 2.22. The zero-order chi connectivity index (χ0) is 18.6. The van der Waals surface area contributed by atoms with E-state index in [1.165, 1.54) is 18.4 Å². The molecule has 142 valence electrons. The Morgan fingerprint density at radius 3 is 2.38 bits per heavy atom. The van der Waals surface area contributed by atoms with E-state index in [0.717, 1.165) is 24.8 Å². The Labute approximate surface area is 155 Å². The first-order chi connectivity index (χ1) is 12.7. The molecule has 0 fully saturated rings. The summed E-state index contributed by atoms with van der Waals surface area (Å²) in [7, 11) is 0.